The molecule has 0 aliphatic heterocycles. The smallest absolute Gasteiger partial charge is 0.00576 e. The number of rotatable bonds is 13. The minimum atomic E-state index is 0.500. The molecule has 0 heteroatoms. The number of hydrogen-bond acceptors (Lipinski definition) is 0. The average molecular weight is 2100 g/mol. The lowest BCUT2D eigenvalue weighted by Gasteiger charge is -2.18. The van der Waals surface area contributed by atoms with E-state index in [-0.39, 0.29) is 0 Å². The summed E-state index contributed by atoms with van der Waals surface area (Å²) in [5.41, 5.74) is 9.81. The van der Waals surface area contributed by atoms with Crippen molar-refractivity contribution in [2.24, 2.45) is 134 Å². The van der Waals surface area contributed by atoms with Crippen LogP contribution in [0.3, 0.4) is 0 Å². The first kappa shape index (κ1) is 193. The van der Waals surface area contributed by atoms with E-state index in [4.69, 9.17) is 6.42 Å². The lowest BCUT2D eigenvalue weighted by Crippen LogP contribution is -2.04. The van der Waals surface area contributed by atoms with Gasteiger partial charge in [-0.15, -0.1) is 68.6 Å². The van der Waals surface area contributed by atoms with Crippen LogP contribution in [-0.2, 0) is 0 Å². The summed E-state index contributed by atoms with van der Waals surface area (Å²) in [4.78, 5) is 0. The number of hydrogen-bond donors (Lipinski definition) is 0. The molecule has 0 bridgehead atoms. The van der Waals surface area contributed by atoms with Crippen LogP contribution in [0.5, 0.6) is 0 Å². The predicted octanol–water partition coefficient (Wildman–Crippen LogP) is 54.6. The lowest BCUT2D eigenvalue weighted by atomic mass is 9.88. The number of fused-ring (bicyclic) bond motifs is 1. The minimum absolute atomic E-state index is 0.500. The first-order valence-electron chi connectivity index (χ1n) is 62.8. The zero-order valence-corrected chi connectivity index (χ0v) is 117. The highest BCUT2D eigenvalue weighted by molar-refractivity contribution is 5.52. The van der Waals surface area contributed by atoms with Gasteiger partial charge in [-0.25, -0.2) is 0 Å². The van der Waals surface area contributed by atoms with Crippen LogP contribution in [0.15, 0.2) is 165 Å². The summed E-state index contributed by atoms with van der Waals surface area (Å²) >= 11 is 0. The van der Waals surface area contributed by atoms with Crippen molar-refractivity contribution in [3.05, 3.63) is 165 Å². The summed E-state index contributed by atoms with van der Waals surface area (Å²) in [6.07, 6.45) is 87.5. The summed E-state index contributed by atoms with van der Waals surface area (Å²) in [7, 11) is 0. The van der Waals surface area contributed by atoms with Crippen LogP contribution in [0.4, 0.5) is 0 Å². The molecule has 150 heavy (non-hydrogen) atoms. The molecule has 0 nitrogen and oxygen atoms in total. The normalized spacial score (nSPS) is 21.2. The van der Waals surface area contributed by atoms with Gasteiger partial charge in [0.1, 0.15) is 0 Å². The van der Waals surface area contributed by atoms with E-state index >= 15 is 0 Å². The van der Waals surface area contributed by atoms with Crippen molar-refractivity contribution in [1.29, 1.82) is 0 Å². The Morgan fingerprint density at radius 3 is 0.613 bits per heavy atom. The van der Waals surface area contributed by atoms with Crippen molar-refractivity contribution in [2.75, 3.05) is 0 Å². The maximum atomic E-state index is 4.78. The Morgan fingerprint density at radius 2 is 0.613 bits per heavy atom. The molecule has 15 aliphatic rings. The summed E-state index contributed by atoms with van der Waals surface area (Å²) in [5.74, 6) is 30.0. The van der Waals surface area contributed by atoms with Crippen LogP contribution in [0.2, 0.25) is 0 Å². The third-order valence-corrected chi connectivity index (χ3v) is 23.6. The van der Waals surface area contributed by atoms with E-state index in [9.17, 15) is 0 Å². The third-order valence-electron chi connectivity index (χ3n) is 23.6. The largest absolute Gasteiger partial charge is 0.133 e. The van der Waals surface area contributed by atoms with Gasteiger partial charge in [0.2, 0.25) is 0 Å². The molecule has 0 aromatic carbocycles. The maximum absolute atomic E-state index is 4.78. The first-order valence-corrected chi connectivity index (χ1v) is 62.8. The van der Waals surface area contributed by atoms with Crippen LogP contribution in [0.1, 0.15) is 635 Å². The van der Waals surface area contributed by atoms with Gasteiger partial charge < -0.3 is 0 Å². The Balaban J connectivity index is -0.0000000646. The number of unbranched alkanes of at least 4 members (excludes halogenated alkanes) is 4. The van der Waals surface area contributed by atoms with Crippen LogP contribution < -0.4 is 0 Å². The topological polar surface area (TPSA) is 0 Å². The molecule has 8 atom stereocenters. The van der Waals surface area contributed by atoms with Gasteiger partial charge in [-0.05, 0) is 354 Å². The summed E-state index contributed by atoms with van der Waals surface area (Å²) in [5, 5.41) is 0. The van der Waals surface area contributed by atoms with Crippen molar-refractivity contribution in [2.45, 2.75) is 635 Å². The minimum Gasteiger partial charge on any atom is -0.133 e. The molecule has 0 unspecified atom stereocenters. The van der Waals surface area contributed by atoms with Crippen molar-refractivity contribution in [3.8, 4) is 36.5 Å². The number of terminal acetylenes is 2. The fraction of sp³-hybridized carbons (Fsp3) is 0.780. The van der Waals surface area contributed by atoms with E-state index in [0.717, 1.165) is 150 Å². The fourth-order valence-electron chi connectivity index (χ4n) is 7.48. The Hall–Kier alpha value is -4.92. The molecule has 0 saturated heterocycles. The summed E-state index contributed by atoms with van der Waals surface area (Å²) < 4.78 is 0. The molecule has 13 saturated carbocycles. The van der Waals surface area contributed by atoms with Gasteiger partial charge >= 0.3 is 0 Å². The van der Waals surface area contributed by atoms with E-state index in [0.29, 0.717) is 5.41 Å². The molecule has 0 heterocycles. The molecular formula is C150H300. The highest BCUT2D eigenvalue weighted by Crippen LogP contribution is 3.09. The maximum Gasteiger partial charge on any atom is 0.00576 e. The Kier molecular flexibility index (Phi) is 196. The molecule has 13 fully saturated rings. The molecule has 15 aliphatic carbocycles. The van der Waals surface area contributed by atoms with E-state index in [1.807, 2.05) is 135 Å². The molecule has 0 radical (unpaired) electrons. The highest BCUT2D eigenvalue weighted by atomic mass is 15.1. The van der Waals surface area contributed by atoms with Gasteiger partial charge in [-0.3, -0.25) is 0 Å². The summed E-state index contributed by atoms with van der Waals surface area (Å²) in [6.45, 7) is 152. The van der Waals surface area contributed by atoms with Gasteiger partial charge in [0, 0.05) is 6.42 Å². The van der Waals surface area contributed by atoms with Crippen molar-refractivity contribution >= 4 is 0 Å². The molecule has 0 N–H and O–H groups in total. The lowest BCUT2D eigenvalue weighted by molar-refractivity contribution is 0.346. The van der Waals surface area contributed by atoms with Crippen LogP contribution in [0.25, 0.3) is 0 Å². The molecule has 0 aromatic rings. The average Bonchev–Trinajstić information content (AvgIpc) is 1.36. The van der Waals surface area contributed by atoms with E-state index in [2.05, 4.69) is 460 Å². The fourth-order valence-corrected chi connectivity index (χ4v) is 7.48. The quantitative estimate of drug-likeness (QED) is 0.0979. The van der Waals surface area contributed by atoms with Crippen LogP contribution >= 0.6 is 0 Å². The van der Waals surface area contributed by atoms with E-state index in [1.165, 1.54) is 176 Å². The first-order chi connectivity index (χ1) is 69.9. The van der Waals surface area contributed by atoms with Gasteiger partial charge in [0.05, 0.1) is 0 Å². The Labute approximate surface area is 964 Å². The molecule has 15 rings (SSSR count). The molecule has 0 spiro atoms. The number of allylic oxidation sites excluding steroid dienone is 21. The molecular weight excluding hydrogens is 1800 g/mol. The van der Waals surface area contributed by atoms with Gasteiger partial charge in [0.25, 0.3) is 0 Å². The Bertz CT molecular complexity index is 2710. The monoisotopic (exact) mass is 2100 g/mol. The zero-order chi connectivity index (χ0) is 123. The van der Waals surface area contributed by atoms with Gasteiger partial charge in [-0.2, -0.15) is 0 Å². The van der Waals surface area contributed by atoms with E-state index < -0.39 is 0 Å². The zero-order valence-electron chi connectivity index (χ0n) is 117. The summed E-state index contributed by atoms with van der Waals surface area (Å²) in [6, 6.07) is 0. The standard InChI is InChI=1S/C5H6.C5H8.6C5H10.4C5H12.C5H10.C5H12.5C5H10.C4H8.2C4H6.C4H10.C4H8.C4H10.2C4H8.3C4H6.C3H8.C3H6.C3H4.C2H6/c1-5-2-3(5)4(2)5;1-5-2-4(5)3-5;1-5(2)3-4-5;4*1-4-3-5(4)2;1-5-3-2-4-5;1-5(2,3)4;4*1-4-5(2)3;6*1-3-5-4-2;3*1-4-2-3-4;2*1-4(2)3;6*1-3-4-2;3*1-3-2;1-2/h2-4H,1H3;4H,2-3H2,1H3;3-4H2,1-2H3;4*4-5H,3H2,1-2H3;5H,2-4H2,1H3;1-4H3;3*5H,4H2,1-3H3;4H,1-3H3;3-5H2,1-2H3;4*3,5H,4H2,1-2H3;3H,1,4-5H2,2H3;4H,2-3H2,1H3;2H,3H2,1H3;2-4H,1H3;4H,1-3H3;1H2,2-3H3;3-4H2,1-2H3;3-4H,1-2H3;3H,1,4H2,2H3;1-2H3;4H,1H2,2H3;1H,4H2,2H3;3H2,1-2H3;3H,1H2,2H3;1H,2H3;1-2H3/b;;;;;;;;;;;;;;2*5-3+;2*5-3-;;;;;;;;4-3+;;;;;;;;/t;;;2*4-,5+;2*4-,5-;;;;;;;;;;;;;;;;;;;;;;;;;;;/m.....10.........................../s1. The van der Waals surface area contributed by atoms with Gasteiger partial charge in [-0.1, -0.05) is 541 Å². The second-order valence-corrected chi connectivity index (χ2v) is 47.7. The Morgan fingerprint density at radius 1 is 0.447 bits per heavy atom. The van der Waals surface area contributed by atoms with Gasteiger partial charge in [0.15, 0.2) is 0 Å². The molecule has 0 aromatic heterocycles. The molecule has 0 amide bonds. The van der Waals surface area contributed by atoms with Crippen molar-refractivity contribution < 1.29 is 0 Å². The highest BCUT2D eigenvalue weighted by Gasteiger charge is 3.06. The van der Waals surface area contributed by atoms with Crippen LogP contribution in [0, 0.1) is 171 Å². The van der Waals surface area contributed by atoms with Crippen molar-refractivity contribution in [3.63, 3.8) is 0 Å². The third kappa shape index (κ3) is 294. The molecule has 900 valence electrons. The van der Waals surface area contributed by atoms with Crippen LogP contribution in [-0.4, -0.2) is 0 Å². The van der Waals surface area contributed by atoms with Crippen molar-refractivity contribution in [1.82, 2.24) is 0 Å². The SMILES string of the molecule is C#CC.C#CCC.C/C=C/C.C/C=C/CC.C/C=C/CC.C/C=C\CC.C/C=C\CC.C=C(C)C.C=C=CC.C=CC.C=CCC.C=CCCC.CC.CC#CC.CC(C)(C)C.CC(C)C.CC1(C)CC1.CC12C3C1C32.CC12CC1C2.CC1=CC1.CC1C=C1.CC1CC1.CC1CCC1.CC=C(C)C.CCC.CCC(C)C.CCC(C)C.CCC(C)C.CCCC.CCCCC.C[C@@H]1C[C@@H]1C.C[C@@H]1C[C@@H]1C.C[C@@H]1C[C@H]1C.C[C@H]1C[C@@H]1C. The van der Waals surface area contributed by atoms with E-state index in [1.54, 1.807) is 37.5 Å². The second-order valence-electron chi connectivity index (χ2n) is 47.7. The second kappa shape index (κ2) is 152. The predicted molar refractivity (Wildman–Crippen MR) is 727 cm³/mol.